The normalized spacial score (nSPS) is 12.6. The molecule has 2 heteroatoms. The van der Waals surface area contributed by atoms with Gasteiger partial charge in [0, 0.05) is 0 Å². The molecule has 0 rings (SSSR count). The van der Waals surface area contributed by atoms with Crippen LogP contribution in [0.1, 0.15) is 72.6 Å². The van der Waals surface area contributed by atoms with Gasteiger partial charge in [0.2, 0.25) is 0 Å². The number of Topliss-reactive ketones (excluding diaryl/α,β-unsaturated/α-hetero) is 1. The van der Waals surface area contributed by atoms with E-state index in [1.54, 1.807) is 13.8 Å². The summed E-state index contributed by atoms with van der Waals surface area (Å²) in [6.07, 6.45) is 11.2. The minimum absolute atomic E-state index is 0.0523. The third-order valence-electron chi connectivity index (χ3n) is 3.25. The number of hydrogen-bond donors (Lipinski definition) is 0. The minimum atomic E-state index is -0.873. The molecular weight excluding hydrogens is 224 g/mol. The van der Waals surface area contributed by atoms with Gasteiger partial charge in [-0.3, -0.25) is 4.79 Å². The number of carbonyl (C=O) groups is 2. The fourth-order valence-corrected chi connectivity index (χ4v) is 1.90. The lowest BCUT2D eigenvalue weighted by molar-refractivity contribution is -0.129. The lowest BCUT2D eigenvalue weighted by Crippen LogP contribution is -2.26. The van der Waals surface area contributed by atoms with Crippen LogP contribution in [0.2, 0.25) is 0 Å². The first-order chi connectivity index (χ1) is 8.45. The fourth-order valence-electron chi connectivity index (χ4n) is 1.90. The quantitative estimate of drug-likeness (QED) is 0.249. The average molecular weight is 252 g/mol. The Labute approximate surface area is 112 Å². The second-order valence-electron chi connectivity index (χ2n) is 5.61. The smallest absolute Gasteiger partial charge is 0.170 e. The molecule has 104 valence electrons. The highest BCUT2D eigenvalue weighted by molar-refractivity contribution is 6.07. The number of unbranched alkanes of at least 4 members (excludes halogenated alkanes) is 6. The van der Waals surface area contributed by atoms with Crippen molar-refractivity contribution in [3.63, 3.8) is 0 Å². The molecule has 0 saturated heterocycles. The highest BCUT2D eigenvalue weighted by Gasteiger charge is 2.27. The molecule has 0 heterocycles. The van der Waals surface area contributed by atoms with E-state index in [-0.39, 0.29) is 5.78 Å². The van der Waals surface area contributed by atoms with E-state index in [0.29, 0.717) is 0 Å². The SMILES string of the molecule is CCCCCCCCC=C(C)C(=O)C(C)(C)C=O. The van der Waals surface area contributed by atoms with Crippen LogP contribution < -0.4 is 0 Å². The van der Waals surface area contributed by atoms with E-state index in [1.165, 1.54) is 32.1 Å². The Morgan fingerprint density at radius 3 is 2.17 bits per heavy atom. The molecule has 0 aromatic heterocycles. The predicted molar refractivity (Wildman–Crippen MR) is 76.6 cm³/mol. The van der Waals surface area contributed by atoms with Gasteiger partial charge < -0.3 is 4.79 Å². The van der Waals surface area contributed by atoms with Gasteiger partial charge in [0.15, 0.2) is 5.78 Å². The van der Waals surface area contributed by atoms with Crippen molar-refractivity contribution < 1.29 is 9.59 Å². The third-order valence-corrected chi connectivity index (χ3v) is 3.25. The monoisotopic (exact) mass is 252 g/mol. The van der Waals surface area contributed by atoms with E-state index in [0.717, 1.165) is 24.7 Å². The number of ketones is 1. The Kier molecular flexibility index (Phi) is 8.61. The van der Waals surface area contributed by atoms with Gasteiger partial charge in [-0.25, -0.2) is 0 Å². The Morgan fingerprint density at radius 2 is 1.61 bits per heavy atom. The minimum Gasteiger partial charge on any atom is -0.302 e. The molecule has 0 aliphatic rings. The molecule has 0 aliphatic carbocycles. The topological polar surface area (TPSA) is 34.1 Å². The largest absolute Gasteiger partial charge is 0.302 e. The van der Waals surface area contributed by atoms with E-state index in [2.05, 4.69) is 6.92 Å². The lowest BCUT2D eigenvalue weighted by Gasteiger charge is -2.15. The van der Waals surface area contributed by atoms with Crippen molar-refractivity contribution in [1.82, 2.24) is 0 Å². The van der Waals surface area contributed by atoms with E-state index in [1.807, 2.05) is 13.0 Å². The molecule has 18 heavy (non-hydrogen) atoms. The summed E-state index contributed by atoms with van der Waals surface area (Å²) >= 11 is 0. The first-order valence-electron chi connectivity index (χ1n) is 7.13. The highest BCUT2D eigenvalue weighted by Crippen LogP contribution is 2.19. The first-order valence-corrected chi connectivity index (χ1v) is 7.13. The van der Waals surface area contributed by atoms with Crippen molar-refractivity contribution in [1.29, 1.82) is 0 Å². The van der Waals surface area contributed by atoms with Crippen molar-refractivity contribution in [3.8, 4) is 0 Å². The molecule has 0 saturated carbocycles. The molecule has 0 bridgehead atoms. The standard InChI is InChI=1S/C16H28O2/c1-5-6-7-8-9-10-11-12-14(2)15(18)16(3,4)13-17/h12-13H,5-11H2,1-4H3. The summed E-state index contributed by atoms with van der Waals surface area (Å²) in [5.74, 6) is -0.0523. The van der Waals surface area contributed by atoms with Crippen LogP contribution in [0.4, 0.5) is 0 Å². The fraction of sp³-hybridized carbons (Fsp3) is 0.750. The van der Waals surface area contributed by atoms with Crippen LogP contribution in [-0.2, 0) is 9.59 Å². The van der Waals surface area contributed by atoms with Crippen LogP contribution in [0.15, 0.2) is 11.6 Å². The van der Waals surface area contributed by atoms with E-state index in [9.17, 15) is 9.59 Å². The van der Waals surface area contributed by atoms with Crippen LogP contribution in [0.3, 0.4) is 0 Å². The third kappa shape index (κ3) is 6.73. The van der Waals surface area contributed by atoms with Gasteiger partial charge in [-0.15, -0.1) is 0 Å². The first kappa shape index (κ1) is 17.1. The van der Waals surface area contributed by atoms with Gasteiger partial charge in [0.05, 0.1) is 5.41 Å². The van der Waals surface area contributed by atoms with Crippen molar-refractivity contribution >= 4 is 12.1 Å². The van der Waals surface area contributed by atoms with E-state index < -0.39 is 5.41 Å². The van der Waals surface area contributed by atoms with Gasteiger partial charge in [-0.1, -0.05) is 45.1 Å². The van der Waals surface area contributed by atoms with Crippen LogP contribution in [0.5, 0.6) is 0 Å². The van der Waals surface area contributed by atoms with Crippen LogP contribution in [0.25, 0.3) is 0 Å². The Bertz CT molecular complexity index is 287. The number of carbonyl (C=O) groups excluding carboxylic acids is 2. The highest BCUT2D eigenvalue weighted by atomic mass is 16.1. The maximum absolute atomic E-state index is 11.9. The van der Waals surface area contributed by atoms with Crippen molar-refractivity contribution in [2.24, 2.45) is 5.41 Å². The second kappa shape index (κ2) is 9.07. The molecule has 0 N–H and O–H groups in total. The Hall–Kier alpha value is -0.920. The Balaban J connectivity index is 3.91. The molecule has 0 aromatic rings. The maximum Gasteiger partial charge on any atom is 0.170 e. The summed E-state index contributed by atoms with van der Waals surface area (Å²) in [5, 5.41) is 0. The van der Waals surface area contributed by atoms with Crippen LogP contribution in [-0.4, -0.2) is 12.1 Å². The van der Waals surface area contributed by atoms with Crippen LogP contribution in [0, 0.1) is 5.41 Å². The molecule has 0 fully saturated rings. The maximum atomic E-state index is 11.9. The van der Waals surface area contributed by atoms with E-state index >= 15 is 0 Å². The molecule has 0 aromatic carbocycles. The zero-order chi connectivity index (χ0) is 14.0. The summed E-state index contributed by atoms with van der Waals surface area (Å²) in [7, 11) is 0. The molecule has 2 nitrogen and oxygen atoms in total. The van der Waals surface area contributed by atoms with Crippen LogP contribution >= 0.6 is 0 Å². The number of aldehydes is 1. The van der Waals surface area contributed by atoms with Crippen molar-refractivity contribution in [3.05, 3.63) is 11.6 Å². The lowest BCUT2D eigenvalue weighted by atomic mass is 9.86. The molecule has 0 atom stereocenters. The number of hydrogen-bond acceptors (Lipinski definition) is 2. The van der Waals surface area contributed by atoms with Gasteiger partial charge in [0.1, 0.15) is 6.29 Å². The number of allylic oxidation sites excluding steroid dienone is 2. The summed E-state index contributed by atoms with van der Waals surface area (Å²) < 4.78 is 0. The summed E-state index contributed by atoms with van der Waals surface area (Å²) in [5.41, 5.74) is -0.150. The van der Waals surface area contributed by atoms with E-state index in [4.69, 9.17) is 0 Å². The van der Waals surface area contributed by atoms with Crippen molar-refractivity contribution in [2.45, 2.75) is 72.6 Å². The zero-order valence-electron chi connectivity index (χ0n) is 12.4. The Morgan fingerprint density at radius 1 is 1.06 bits per heavy atom. The van der Waals surface area contributed by atoms with Gasteiger partial charge in [0.25, 0.3) is 0 Å². The summed E-state index contributed by atoms with van der Waals surface area (Å²) in [6, 6.07) is 0. The summed E-state index contributed by atoms with van der Waals surface area (Å²) in [4.78, 5) is 22.7. The zero-order valence-corrected chi connectivity index (χ0v) is 12.4. The second-order valence-corrected chi connectivity index (χ2v) is 5.61. The van der Waals surface area contributed by atoms with Gasteiger partial charge in [-0.2, -0.15) is 0 Å². The molecule has 0 amide bonds. The molecule has 0 radical (unpaired) electrons. The molecule has 0 spiro atoms. The number of rotatable bonds is 10. The average Bonchev–Trinajstić information content (AvgIpc) is 2.36. The van der Waals surface area contributed by atoms with Crippen molar-refractivity contribution in [2.75, 3.05) is 0 Å². The summed E-state index contributed by atoms with van der Waals surface area (Å²) in [6.45, 7) is 7.37. The van der Waals surface area contributed by atoms with Gasteiger partial charge >= 0.3 is 0 Å². The van der Waals surface area contributed by atoms with Gasteiger partial charge in [-0.05, 0) is 39.2 Å². The molecule has 0 aliphatic heterocycles. The predicted octanol–water partition coefficient (Wildman–Crippen LogP) is 4.48. The molecular formula is C16H28O2. The molecule has 0 unspecified atom stereocenters.